The van der Waals surface area contributed by atoms with Crippen LogP contribution in [0, 0.1) is 58.2 Å². The molecular weight excluding hydrogens is 618 g/mol. The highest BCUT2D eigenvalue weighted by atomic mass is 32.2. The molecule has 1 aliphatic heterocycles. The molecule has 232 valence electrons. The van der Waals surface area contributed by atoms with Crippen LogP contribution in [0.25, 0.3) is 0 Å². The van der Waals surface area contributed by atoms with E-state index >= 15 is 0 Å². The van der Waals surface area contributed by atoms with Gasteiger partial charge in [-0.3, -0.25) is 13.8 Å². The first-order valence-corrected chi connectivity index (χ1v) is 13.0. The lowest BCUT2D eigenvalue weighted by atomic mass is 10.1. The van der Waals surface area contributed by atoms with E-state index in [2.05, 4.69) is 10.6 Å². The van der Waals surface area contributed by atoms with Crippen LogP contribution in [0.15, 0.2) is 0 Å². The first-order chi connectivity index (χ1) is 19.8. The van der Waals surface area contributed by atoms with E-state index in [4.69, 9.17) is 13.7 Å². The fraction of sp³-hybridized carbons (Fsp3) is 0.417. The van der Waals surface area contributed by atoms with E-state index in [0.717, 1.165) is 12.0 Å². The molecule has 0 aromatic heterocycles. The molecule has 0 spiro atoms. The Morgan fingerprint density at radius 3 is 1.24 bits per heavy atom. The Bertz CT molecular complexity index is 1200. The lowest BCUT2D eigenvalue weighted by molar-refractivity contribution is -0.183. The summed E-state index contributed by atoms with van der Waals surface area (Å²) in [6.07, 6.45) is -3.56. The van der Waals surface area contributed by atoms with Gasteiger partial charge < -0.3 is 20.1 Å². The van der Waals surface area contributed by atoms with Crippen LogP contribution in [0.4, 0.5) is 43.9 Å². The average Bonchev–Trinajstić information content (AvgIpc) is 3.36. The van der Waals surface area contributed by atoms with Crippen molar-refractivity contribution in [1.29, 1.82) is 0 Å². The number of hydrogen-bond donors (Lipinski definition) is 2. The number of hydrogen-bond acceptors (Lipinski definition) is 6. The van der Waals surface area contributed by atoms with Crippen molar-refractivity contribution >= 4 is 23.9 Å². The third kappa shape index (κ3) is 7.45. The van der Waals surface area contributed by atoms with Crippen molar-refractivity contribution in [2.75, 3.05) is 19.3 Å². The summed E-state index contributed by atoms with van der Waals surface area (Å²) in [6.45, 7) is -1.96. The van der Waals surface area contributed by atoms with Gasteiger partial charge in [-0.15, -0.1) is 0 Å². The van der Waals surface area contributed by atoms with Crippen LogP contribution >= 0.6 is 12.0 Å². The summed E-state index contributed by atoms with van der Waals surface area (Å²) in [5.41, 5.74) is -2.36. The van der Waals surface area contributed by atoms with Gasteiger partial charge >= 0.3 is 0 Å². The lowest BCUT2D eigenvalue weighted by Gasteiger charge is -2.18. The van der Waals surface area contributed by atoms with Gasteiger partial charge in [-0.2, -0.15) is 0 Å². The number of amides is 2. The number of benzene rings is 2. The van der Waals surface area contributed by atoms with Gasteiger partial charge in [-0.05, 0) is 24.9 Å². The predicted octanol–water partition coefficient (Wildman–Crippen LogP) is 4.24. The summed E-state index contributed by atoms with van der Waals surface area (Å²) >= 11 is 0.832. The zero-order valence-corrected chi connectivity index (χ0v) is 22.0. The van der Waals surface area contributed by atoms with Crippen molar-refractivity contribution < 1.29 is 67.2 Å². The number of carbonyl (C=O) groups is 2. The van der Waals surface area contributed by atoms with E-state index in [0.29, 0.717) is 0 Å². The second-order valence-electron chi connectivity index (χ2n) is 8.61. The minimum absolute atomic E-state index is 0.338. The van der Waals surface area contributed by atoms with Gasteiger partial charge in [0.25, 0.3) is 6.48 Å². The normalized spacial score (nSPS) is 18.4. The van der Waals surface area contributed by atoms with Gasteiger partial charge in [0.2, 0.25) is 23.4 Å². The van der Waals surface area contributed by atoms with Crippen LogP contribution in [0.5, 0.6) is 0 Å². The highest BCUT2D eigenvalue weighted by Gasteiger charge is 2.37. The Hall–Kier alpha value is -3.09. The molecule has 18 heteroatoms. The maximum absolute atomic E-state index is 13.8. The molecule has 1 aliphatic rings. The highest BCUT2D eigenvalue weighted by Crippen LogP contribution is 2.26. The quantitative estimate of drug-likeness (QED) is 0.157. The molecule has 2 unspecified atom stereocenters. The van der Waals surface area contributed by atoms with Gasteiger partial charge in [0, 0.05) is 43.3 Å². The molecule has 0 saturated carbocycles. The first-order valence-electron chi connectivity index (χ1n) is 11.8. The monoisotopic (exact) mass is 638 g/mol. The summed E-state index contributed by atoms with van der Waals surface area (Å²) in [5, 5.41) is 4.64. The Kier molecular flexibility index (Phi) is 11.4. The molecule has 1 fully saturated rings. The molecule has 2 atom stereocenters. The van der Waals surface area contributed by atoms with Crippen LogP contribution in [0.1, 0.15) is 24.0 Å². The number of nitrogens with one attached hydrogen (secondary N) is 2. The molecule has 1 saturated heterocycles. The molecule has 3 rings (SSSR count). The topological polar surface area (TPSA) is 85.9 Å². The van der Waals surface area contributed by atoms with E-state index in [-0.39, 0.29) is 13.1 Å². The van der Waals surface area contributed by atoms with E-state index < -0.39 is 125 Å². The lowest BCUT2D eigenvalue weighted by Crippen LogP contribution is -2.43. The summed E-state index contributed by atoms with van der Waals surface area (Å²) in [4.78, 5) is 24.4. The second kappa shape index (κ2) is 14.4. The Balaban J connectivity index is 1.55. The summed E-state index contributed by atoms with van der Waals surface area (Å²) in [6, 6.07) is 0. The molecule has 0 bridgehead atoms. The third-order valence-electron chi connectivity index (χ3n) is 5.97. The fourth-order valence-corrected chi connectivity index (χ4v) is 4.05. The van der Waals surface area contributed by atoms with Gasteiger partial charge in [0.05, 0.1) is 0 Å². The molecule has 1 heterocycles. The predicted molar refractivity (Wildman–Crippen MR) is 123 cm³/mol. The Labute approximate surface area is 235 Å². The number of rotatable bonds is 12. The van der Waals surface area contributed by atoms with Crippen molar-refractivity contribution in [3.05, 3.63) is 69.3 Å². The first kappa shape index (κ1) is 33.4. The van der Waals surface area contributed by atoms with Crippen molar-refractivity contribution in [3.8, 4) is 0 Å². The van der Waals surface area contributed by atoms with Crippen molar-refractivity contribution in [2.24, 2.45) is 0 Å². The molecule has 42 heavy (non-hydrogen) atoms. The minimum Gasteiger partial charge on any atom is -0.353 e. The van der Waals surface area contributed by atoms with Crippen molar-refractivity contribution in [1.82, 2.24) is 10.6 Å². The van der Waals surface area contributed by atoms with Crippen LogP contribution in [-0.4, -0.2) is 49.8 Å². The van der Waals surface area contributed by atoms with Crippen LogP contribution in [0.3, 0.4) is 0 Å². The van der Waals surface area contributed by atoms with Crippen LogP contribution < -0.4 is 10.6 Å². The smallest absolute Gasteiger partial charge is 0.283 e. The van der Waals surface area contributed by atoms with Crippen LogP contribution in [0.2, 0.25) is 0 Å². The average molecular weight is 638 g/mol. The van der Waals surface area contributed by atoms with Crippen LogP contribution in [-0.2, 0) is 36.1 Å². The van der Waals surface area contributed by atoms with E-state index in [1.165, 1.54) is 6.26 Å². The number of carbonyl (C=O) groups excluding carboxylic acids is 2. The number of ether oxygens (including phenoxy) is 2. The molecule has 2 aromatic rings. The summed E-state index contributed by atoms with van der Waals surface area (Å²) in [7, 11) is 0. The van der Waals surface area contributed by atoms with Gasteiger partial charge in [0.15, 0.2) is 46.5 Å². The van der Waals surface area contributed by atoms with E-state index in [1.807, 2.05) is 0 Å². The second-order valence-corrected chi connectivity index (χ2v) is 9.13. The zero-order valence-electron chi connectivity index (χ0n) is 21.2. The third-order valence-corrected chi connectivity index (χ3v) is 6.32. The Morgan fingerprint density at radius 1 is 0.619 bits per heavy atom. The summed E-state index contributed by atoms with van der Waals surface area (Å²) < 4.78 is 151. The minimum atomic E-state index is -2.34. The fourth-order valence-electron chi connectivity index (χ4n) is 3.80. The molecule has 2 aromatic carbocycles. The molecular formula is C24H20F10N2O5S. The highest BCUT2D eigenvalue weighted by molar-refractivity contribution is 7.93. The van der Waals surface area contributed by atoms with Crippen molar-refractivity contribution in [2.45, 2.75) is 44.4 Å². The Morgan fingerprint density at radius 2 is 0.929 bits per heavy atom. The molecule has 0 aliphatic carbocycles. The zero-order chi connectivity index (χ0) is 31.3. The standard InChI is InChI=1S/C24H20F10N2O5S/c1-42-41-24-39-10(6-35-12(37)4-2-8-14(25)18(29)22(33)19(30)15(8)26)11(40-24)7-36-13(38)5-3-9-16(27)20(31)23(34)21(32)17(9)28/h10-11,24H,2-7H2,1H3,(H,35,37)(H,36,38). The maximum atomic E-state index is 13.8. The van der Waals surface area contributed by atoms with Gasteiger partial charge in [-0.25, -0.2) is 43.9 Å². The van der Waals surface area contributed by atoms with Crippen molar-refractivity contribution in [3.63, 3.8) is 0 Å². The molecule has 7 nitrogen and oxygen atoms in total. The molecule has 0 radical (unpaired) electrons. The number of halogens is 10. The largest absolute Gasteiger partial charge is 0.353 e. The SMILES string of the molecule is CSOC1OC(CNC(=O)CCc2c(F)c(F)c(F)c(F)c2F)C(CNC(=O)CCc2c(F)c(F)c(F)c(F)c2F)O1. The van der Waals surface area contributed by atoms with Gasteiger partial charge in [0.1, 0.15) is 12.2 Å². The van der Waals surface area contributed by atoms with E-state index in [1.54, 1.807) is 0 Å². The molecule has 2 amide bonds. The maximum Gasteiger partial charge on any atom is 0.283 e. The summed E-state index contributed by atoms with van der Waals surface area (Å²) in [5.74, 6) is -23.3. The molecule has 2 N–H and O–H groups in total. The van der Waals surface area contributed by atoms with Gasteiger partial charge in [-0.1, -0.05) is 0 Å². The van der Waals surface area contributed by atoms with E-state index in [9.17, 15) is 53.5 Å².